The molecule has 1 fully saturated rings. The number of ether oxygens (including phenoxy) is 1. The van der Waals surface area contributed by atoms with Crippen molar-refractivity contribution in [1.82, 2.24) is 10.2 Å². The predicted molar refractivity (Wildman–Crippen MR) is 90.4 cm³/mol. The molecular weight excluding hydrogens is 291 g/mol. The van der Waals surface area contributed by atoms with Crippen LogP contribution in [0.4, 0.5) is 4.39 Å². The third-order valence-electron chi connectivity index (χ3n) is 4.25. The number of benzene rings is 2. The molecule has 1 atom stereocenters. The van der Waals surface area contributed by atoms with Gasteiger partial charge in [-0.2, -0.15) is 0 Å². The summed E-state index contributed by atoms with van der Waals surface area (Å²) in [5, 5.41) is 3.30. The smallest absolute Gasteiger partial charge is 0.119 e. The van der Waals surface area contributed by atoms with Crippen LogP contribution in [0, 0.1) is 0 Å². The van der Waals surface area contributed by atoms with Gasteiger partial charge in [0.25, 0.3) is 0 Å². The monoisotopic (exact) mass is 314 g/mol. The summed E-state index contributed by atoms with van der Waals surface area (Å²) in [6.07, 6.45) is 0. The second-order valence-electron chi connectivity index (χ2n) is 5.80. The molecule has 0 saturated carbocycles. The molecule has 0 bridgehead atoms. The van der Waals surface area contributed by atoms with E-state index in [0.29, 0.717) is 6.61 Å². The van der Waals surface area contributed by atoms with Crippen molar-refractivity contribution in [1.29, 1.82) is 0 Å². The van der Waals surface area contributed by atoms with Crippen molar-refractivity contribution in [3.05, 3.63) is 65.7 Å². The number of hydrogen-bond donors (Lipinski definition) is 1. The van der Waals surface area contributed by atoms with Crippen molar-refractivity contribution < 1.29 is 9.13 Å². The molecule has 0 unspecified atom stereocenters. The van der Waals surface area contributed by atoms with Crippen molar-refractivity contribution in [2.75, 3.05) is 32.9 Å². The molecule has 1 heterocycles. The van der Waals surface area contributed by atoms with Crippen LogP contribution in [0.2, 0.25) is 0 Å². The fraction of sp³-hybridized carbons (Fsp3) is 0.368. The summed E-state index contributed by atoms with van der Waals surface area (Å²) < 4.78 is 19.3. The van der Waals surface area contributed by atoms with Crippen molar-refractivity contribution in [2.45, 2.75) is 12.6 Å². The van der Waals surface area contributed by atoms with Crippen molar-refractivity contribution in [3.8, 4) is 5.75 Å². The first kappa shape index (κ1) is 16.0. The lowest BCUT2D eigenvalue weighted by Crippen LogP contribution is -2.45. The quantitative estimate of drug-likeness (QED) is 0.886. The number of hydrogen-bond acceptors (Lipinski definition) is 3. The van der Waals surface area contributed by atoms with Crippen LogP contribution in [0.3, 0.4) is 0 Å². The highest BCUT2D eigenvalue weighted by molar-refractivity contribution is 5.30. The van der Waals surface area contributed by atoms with Crippen LogP contribution in [0.15, 0.2) is 54.6 Å². The molecule has 2 aromatic rings. The lowest BCUT2D eigenvalue weighted by atomic mass is 10.1. The molecule has 1 aliphatic rings. The summed E-state index contributed by atoms with van der Waals surface area (Å²) >= 11 is 0. The van der Waals surface area contributed by atoms with Gasteiger partial charge < -0.3 is 10.1 Å². The molecule has 1 N–H and O–H groups in total. The van der Waals surface area contributed by atoms with E-state index in [0.717, 1.165) is 43.1 Å². The average molecular weight is 314 g/mol. The standard InChI is InChI=1S/C19H23FN2O/c20-14-19(22-12-10-21-11-13-22)17-6-8-18(9-7-17)23-15-16-4-2-1-3-5-16/h1-9,19,21H,10-15H2/t19-/m1/s1. The molecule has 0 amide bonds. The van der Waals surface area contributed by atoms with Gasteiger partial charge in [0.2, 0.25) is 0 Å². The Bertz CT molecular complexity index is 582. The Morgan fingerprint density at radius 3 is 2.35 bits per heavy atom. The molecule has 122 valence electrons. The first-order valence-electron chi connectivity index (χ1n) is 8.14. The predicted octanol–water partition coefficient (Wildman–Crippen LogP) is 3.18. The van der Waals surface area contributed by atoms with Gasteiger partial charge >= 0.3 is 0 Å². The zero-order valence-electron chi connectivity index (χ0n) is 13.2. The lowest BCUT2D eigenvalue weighted by Gasteiger charge is -2.33. The largest absolute Gasteiger partial charge is 0.489 e. The molecule has 0 spiro atoms. The molecular formula is C19H23FN2O. The number of rotatable bonds is 6. The van der Waals surface area contributed by atoms with Gasteiger partial charge in [0, 0.05) is 26.2 Å². The Kier molecular flexibility index (Phi) is 5.61. The third-order valence-corrected chi connectivity index (χ3v) is 4.25. The van der Waals surface area contributed by atoms with E-state index in [-0.39, 0.29) is 12.7 Å². The molecule has 1 saturated heterocycles. The first-order chi connectivity index (χ1) is 11.4. The van der Waals surface area contributed by atoms with E-state index in [9.17, 15) is 4.39 Å². The Hall–Kier alpha value is -1.91. The van der Waals surface area contributed by atoms with E-state index in [1.165, 1.54) is 0 Å². The third kappa shape index (κ3) is 4.30. The molecule has 4 heteroatoms. The van der Waals surface area contributed by atoms with E-state index >= 15 is 0 Å². The van der Waals surface area contributed by atoms with Crippen molar-refractivity contribution in [2.24, 2.45) is 0 Å². The van der Waals surface area contributed by atoms with Crippen LogP contribution in [-0.2, 0) is 6.61 Å². The summed E-state index contributed by atoms with van der Waals surface area (Å²) in [6, 6.07) is 17.7. The maximum atomic E-state index is 13.5. The summed E-state index contributed by atoms with van der Waals surface area (Å²) in [4.78, 5) is 2.20. The van der Waals surface area contributed by atoms with Gasteiger partial charge in [0.05, 0.1) is 6.04 Å². The number of piperazine rings is 1. The number of halogens is 1. The first-order valence-corrected chi connectivity index (χ1v) is 8.14. The second-order valence-corrected chi connectivity index (χ2v) is 5.80. The van der Waals surface area contributed by atoms with Crippen molar-refractivity contribution >= 4 is 0 Å². The number of nitrogens with zero attached hydrogens (tertiary/aromatic N) is 1. The van der Waals surface area contributed by atoms with Crippen molar-refractivity contribution in [3.63, 3.8) is 0 Å². The highest BCUT2D eigenvalue weighted by Gasteiger charge is 2.21. The molecule has 2 aromatic carbocycles. The van der Waals surface area contributed by atoms with Crippen LogP contribution < -0.4 is 10.1 Å². The minimum atomic E-state index is -0.357. The minimum Gasteiger partial charge on any atom is -0.489 e. The average Bonchev–Trinajstić information content (AvgIpc) is 2.63. The van der Waals surface area contributed by atoms with Crippen LogP contribution in [-0.4, -0.2) is 37.8 Å². The SMILES string of the molecule is FC[C@H](c1ccc(OCc2ccccc2)cc1)N1CCNCC1. The molecule has 0 radical (unpaired) electrons. The highest BCUT2D eigenvalue weighted by Crippen LogP contribution is 2.24. The molecule has 3 rings (SSSR count). The van der Waals surface area contributed by atoms with E-state index < -0.39 is 0 Å². The zero-order valence-corrected chi connectivity index (χ0v) is 13.2. The lowest BCUT2D eigenvalue weighted by molar-refractivity contribution is 0.147. The maximum absolute atomic E-state index is 13.5. The Labute approximate surface area is 137 Å². The summed E-state index contributed by atoms with van der Waals surface area (Å²) in [5.41, 5.74) is 2.15. The maximum Gasteiger partial charge on any atom is 0.119 e. The van der Waals surface area contributed by atoms with E-state index in [1.54, 1.807) is 0 Å². The van der Waals surface area contributed by atoms with Crippen LogP contribution in [0.5, 0.6) is 5.75 Å². The molecule has 0 aliphatic carbocycles. The normalized spacial score (nSPS) is 16.9. The number of alkyl halides is 1. The summed E-state index contributed by atoms with van der Waals surface area (Å²) in [5.74, 6) is 0.815. The van der Waals surface area contributed by atoms with E-state index in [4.69, 9.17) is 4.74 Å². The van der Waals surface area contributed by atoms with E-state index in [2.05, 4.69) is 10.2 Å². The summed E-state index contributed by atoms with van der Waals surface area (Å²) in [7, 11) is 0. The van der Waals surface area contributed by atoms with Crippen LogP contribution >= 0.6 is 0 Å². The van der Waals surface area contributed by atoms with Crippen LogP contribution in [0.25, 0.3) is 0 Å². The molecule has 0 aromatic heterocycles. The fourth-order valence-corrected chi connectivity index (χ4v) is 2.92. The summed E-state index contributed by atoms with van der Waals surface area (Å²) in [6.45, 7) is 3.82. The van der Waals surface area contributed by atoms with Gasteiger partial charge in [-0.1, -0.05) is 42.5 Å². The molecule has 23 heavy (non-hydrogen) atoms. The molecule has 3 nitrogen and oxygen atoms in total. The second kappa shape index (κ2) is 8.09. The molecule has 1 aliphatic heterocycles. The minimum absolute atomic E-state index is 0.153. The fourth-order valence-electron chi connectivity index (χ4n) is 2.92. The van der Waals surface area contributed by atoms with Gasteiger partial charge in [0.15, 0.2) is 0 Å². The Balaban J connectivity index is 1.61. The van der Waals surface area contributed by atoms with Gasteiger partial charge in [-0.05, 0) is 23.3 Å². The van der Waals surface area contributed by atoms with Gasteiger partial charge in [0.1, 0.15) is 19.0 Å². The topological polar surface area (TPSA) is 24.5 Å². The number of nitrogens with one attached hydrogen (secondary N) is 1. The Morgan fingerprint density at radius 1 is 1.00 bits per heavy atom. The van der Waals surface area contributed by atoms with Gasteiger partial charge in [-0.25, -0.2) is 4.39 Å². The Morgan fingerprint density at radius 2 is 1.70 bits per heavy atom. The highest BCUT2D eigenvalue weighted by atomic mass is 19.1. The van der Waals surface area contributed by atoms with Crippen LogP contribution in [0.1, 0.15) is 17.2 Å². The van der Waals surface area contributed by atoms with Gasteiger partial charge in [-0.3, -0.25) is 4.90 Å². The van der Waals surface area contributed by atoms with Gasteiger partial charge in [-0.15, -0.1) is 0 Å². The zero-order chi connectivity index (χ0) is 15.9. The van der Waals surface area contributed by atoms with E-state index in [1.807, 2.05) is 54.6 Å².